The normalized spacial score (nSPS) is 24.8. The van der Waals surface area contributed by atoms with Crippen LogP contribution in [0.4, 0.5) is 5.82 Å². The second kappa shape index (κ2) is 5.30. The van der Waals surface area contributed by atoms with Gasteiger partial charge in [-0.3, -0.25) is 4.79 Å². The minimum Gasteiger partial charge on any atom is -0.353 e. The molecule has 5 heteroatoms. The number of anilines is 1. The van der Waals surface area contributed by atoms with E-state index in [1.165, 1.54) is 19.3 Å². The number of aromatic nitrogens is 2. The minimum atomic E-state index is -0.0689. The molecule has 0 unspecified atom stereocenters. The molecule has 3 heterocycles. The Labute approximate surface area is 141 Å². The van der Waals surface area contributed by atoms with Gasteiger partial charge in [-0.2, -0.15) is 0 Å². The Balaban J connectivity index is 1.64. The third-order valence-electron chi connectivity index (χ3n) is 5.62. The predicted molar refractivity (Wildman–Crippen MR) is 92.0 cm³/mol. The third-order valence-corrected chi connectivity index (χ3v) is 5.62. The van der Waals surface area contributed by atoms with E-state index in [2.05, 4.69) is 15.2 Å². The van der Waals surface area contributed by atoms with Crippen molar-refractivity contribution >= 4 is 11.7 Å². The fourth-order valence-corrected chi connectivity index (χ4v) is 4.36. The Morgan fingerprint density at radius 2 is 2.00 bits per heavy atom. The Hall–Kier alpha value is -2.43. The summed E-state index contributed by atoms with van der Waals surface area (Å²) in [4.78, 5) is 24.3. The van der Waals surface area contributed by atoms with Crippen LogP contribution in [0.5, 0.6) is 0 Å². The molecule has 0 bridgehead atoms. The van der Waals surface area contributed by atoms with Crippen LogP contribution in [-0.2, 0) is 6.42 Å². The Kier molecular flexibility index (Phi) is 3.08. The highest BCUT2D eigenvalue weighted by Crippen LogP contribution is 2.43. The van der Waals surface area contributed by atoms with Gasteiger partial charge < -0.3 is 10.2 Å². The van der Waals surface area contributed by atoms with Gasteiger partial charge in [0.05, 0.1) is 0 Å². The Morgan fingerprint density at radius 1 is 1.12 bits per heavy atom. The molecule has 122 valence electrons. The van der Waals surface area contributed by atoms with Gasteiger partial charge in [-0.25, -0.2) is 9.97 Å². The summed E-state index contributed by atoms with van der Waals surface area (Å²) < 4.78 is 0. The van der Waals surface area contributed by atoms with Crippen molar-refractivity contribution in [1.29, 1.82) is 0 Å². The lowest BCUT2D eigenvalue weighted by Crippen LogP contribution is -2.54. The smallest absolute Gasteiger partial charge is 0.270 e. The lowest BCUT2D eigenvalue weighted by Gasteiger charge is -2.46. The van der Waals surface area contributed by atoms with Crippen LogP contribution < -0.4 is 10.2 Å². The number of hydrogen-bond donors (Lipinski definition) is 1. The largest absolute Gasteiger partial charge is 0.353 e. The van der Waals surface area contributed by atoms with E-state index >= 15 is 0 Å². The molecule has 1 saturated carbocycles. The van der Waals surface area contributed by atoms with Gasteiger partial charge >= 0.3 is 0 Å². The van der Waals surface area contributed by atoms with Crippen LogP contribution >= 0.6 is 0 Å². The van der Waals surface area contributed by atoms with E-state index in [1.807, 2.05) is 30.3 Å². The molecule has 2 aromatic rings. The summed E-state index contributed by atoms with van der Waals surface area (Å²) in [6.07, 6.45) is 4.71. The van der Waals surface area contributed by atoms with E-state index in [0.29, 0.717) is 24.1 Å². The van der Waals surface area contributed by atoms with Gasteiger partial charge in [-0.15, -0.1) is 0 Å². The first-order valence-corrected chi connectivity index (χ1v) is 8.82. The Morgan fingerprint density at radius 3 is 2.83 bits per heavy atom. The first-order chi connectivity index (χ1) is 11.8. The van der Waals surface area contributed by atoms with Crippen molar-refractivity contribution in [2.75, 3.05) is 18.0 Å². The number of amides is 1. The molecule has 3 aliphatic rings. The fourth-order valence-electron chi connectivity index (χ4n) is 4.36. The highest BCUT2D eigenvalue weighted by molar-refractivity contribution is 5.96. The van der Waals surface area contributed by atoms with Crippen molar-refractivity contribution in [3.05, 3.63) is 41.6 Å². The number of rotatable bonds is 2. The number of fused-ring (bicyclic) bond motifs is 2. The van der Waals surface area contributed by atoms with E-state index < -0.39 is 0 Å². The molecule has 1 saturated heterocycles. The fraction of sp³-hybridized carbons (Fsp3) is 0.421. The van der Waals surface area contributed by atoms with Crippen molar-refractivity contribution in [2.45, 2.75) is 31.7 Å². The van der Waals surface area contributed by atoms with Crippen LogP contribution in [-0.4, -0.2) is 35.0 Å². The van der Waals surface area contributed by atoms with E-state index in [0.717, 1.165) is 35.8 Å². The molecule has 5 nitrogen and oxygen atoms in total. The third kappa shape index (κ3) is 2.04. The maximum atomic E-state index is 12.4. The molecule has 1 aromatic carbocycles. The molecule has 1 aromatic heterocycles. The molecule has 1 aliphatic carbocycles. The van der Waals surface area contributed by atoms with Gasteiger partial charge in [0.2, 0.25) is 0 Å². The van der Waals surface area contributed by atoms with Crippen LogP contribution in [0.15, 0.2) is 30.3 Å². The van der Waals surface area contributed by atoms with E-state index in [4.69, 9.17) is 4.98 Å². The number of nitrogens with zero attached hydrogens (tertiary/aromatic N) is 3. The van der Waals surface area contributed by atoms with Crippen molar-refractivity contribution in [1.82, 2.24) is 15.3 Å². The van der Waals surface area contributed by atoms with Gasteiger partial charge in [0.1, 0.15) is 11.5 Å². The number of carbonyl (C=O) groups is 1. The number of benzene rings is 1. The van der Waals surface area contributed by atoms with Crippen molar-refractivity contribution in [3.8, 4) is 11.4 Å². The number of nitrogens with one attached hydrogen (secondary N) is 1. The second-order valence-electron chi connectivity index (χ2n) is 6.98. The summed E-state index contributed by atoms with van der Waals surface area (Å²) in [7, 11) is 0. The quantitative estimate of drug-likeness (QED) is 0.923. The molecule has 1 N–H and O–H groups in total. The molecule has 2 aliphatic heterocycles. The average molecular weight is 320 g/mol. The van der Waals surface area contributed by atoms with E-state index in [1.54, 1.807) is 0 Å². The summed E-state index contributed by atoms with van der Waals surface area (Å²) in [5.74, 6) is 2.40. The zero-order valence-corrected chi connectivity index (χ0v) is 13.5. The van der Waals surface area contributed by atoms with Gasteiger partial charge in [0.15, 0.2) is 5.82 Å². The van der Waals surface area contributed by atoms with E-state index in [9.17, 15) is 4.79 Å². The summed E-state index contributed by atoms with van der Waals surface area (Å²) in [6.45, 7) is 1.75. The maximum absolute atomic E-state index is 12.4. The van der Waals surface area contributed by atoms with Gasteiger partial charge in [0, 0.05) is 30.3 Å². The topological polar surface area (TPSA) is 58.1 Å². The first-order valence-electron chi connectivity index (χ1n) is 8.82. The lowest BCUT2D eigenvalue weighted by molar-refractivity contribution is 0.0940. The van der Waals surface area contributed by atoms with Crippen molar-refractivity contribution in [2.24, 2.45) is 5.92 Å². The monoisotopic (exact) mass is 320 g/mol. The van der Waals surface area contributed by atoms with Crippen LogP contribution in [0.3, 0.4) is 0 Å². The van der Waals surface area contributed by atoms with Gasteiger partial charge in [0.25, 0.3) is 5.91 Å². The molecular formula is C19H20N4O. The zero-order valence-electron chi connectivity index (χ0n) is 13.5. The summed E-state index contributed by atoms with van der Waals surface area (Å²) in [5, 5.41) is 2.92. The molecule has 2 fully saturated rings. The minimum absolute atomic E-state index is 0.0689. The van der Waals surface area contributed by atoms with Crippen LogP contribution in [0, 0.1) is 5.92 Å². The molecule has 24 heavy (non-hydrogen) atoms. The molecule has 0 spiro atoms. The van der Waals surface area contributed by atoms with Crippen LogP contribution in [0.25, 0.3) is 11.4 Å². The number of hydrogen-bond acceptors (Lipinski definition) is 4. The predicted octanol–water partition coefficient (Wildman–Crippen LogP) is 2.42. The van der Waals surface area contributed by atoms with Crippen LogP contribution in [0.1, 0.15) is 35.3 Å². The highest BCUT2D eigenvalue weighted by atomic mass is 16.1. The van der Waals surface area contributed by atoms with Crippen molar-refractivity contribution < 1.29 is 4.79 Å². The SMILES string of the molecule is O=C1NCCc2c1nc(-c1ccccc1)nc2N1C[C@@H]2CCC[C@@H]21. The molecular weight excluding hydrogens is 300 g/mol. The number of carbonyl (C=O) groups excluding carboxylic acids is 1. The van der Waals surface area contributed by atoms with Gasteiger partial charge in [-0.05, 0) is 25.2 Å². The average Bonchev–Trinajstić information content (AvgIpc) is 2.97. The summed E-state index contributed by atoms with van der Waals surface area (Å²) in [5.41, 5.74) is 2.55. The molecule has 2 atom stereocenters. The maximum Gasteiger partial charge on any atom is 0.270 e. The lowest BCUT2D eigenvalue weighted by atomic mass is 9.90. The van der Waals surface area contributed by atoms with Gasteiger partial charge in [-0.1, -0.05) is 36.8 Å². The highest BCUT2D eigenvalue weighted by Gasteiger charge is 2.44. The summed E-state index contributed by atoms with van der Waals surface area (Å²) in [6, 6.07) is 10.6. The van der Waals surface area contributed by atoms with Crippen LogP contribution in [0.2, 0.25) is 0 Å². The second-order valence-corrected chi connectivity index (χ2v) is 6.98. The molecule has 5 rings (SSSR count). The Bertz CT molecular complexity index is 805. The standard InChI is InChI=1S/C19H20N4O/c24-19-16-14(9-10-20-19)18(23-11-13-7-4-8-15(13)23)22-17(21-16)12-5-2-1-3-6-12/h1-3,5-6,13,15H,4,7-11H2,(H,20,24)/t13-,15-/m0/s1. The molecule has 1 amide bonds. The van der Waals surface area contributed by atoms with E-state index in [-0.39, 0.29) is 5.91 Å². The zero-order chi connectivity index (χ0) is 16.1. The molecule has 0 radical (unpaired) electrons. The summed E-state index contributed by atoms with van der Waals surface area (Å²) >= 11 is 0. The first kappa shape index (κ1) is 14.0. The van der Waals surface area contributed by atoms with Crippen molar-refractivity contribution in [3.63, 3.8) is 0 Å².